The van der Waals surface area contributed by atoms with E-state index in [1.54, 1.807) is 12.4 Å². The topological polar surface area (TPSA) is 40.5 Å². The molecule has 4 nitrogen and oxygen atoms in total. The highest BCUT2D eigenvalue weighted by Crippen LogP contribution is 2.24. The molecule has 4 heteroatoms. The van der Waals surface area contributed by atoms with Gasteiger partial charge < -0.3 is 4.90 Å². The summed E-state index contributed by atoms with van der Waals surface area (Å²) in [4.78, 5) is 6.39. The van der Waals surface area contributed by atoms with Crippen LogP contribution < -0.4 is 10.3 Å². The van der Waals surface area contributed by atoms with Gasteiger partial charge in [-0.25, -0.2) is 0 Å². The molecule has 3 rings (SSSR count). The minimum Gasteiger partial charge on any atom is -0.367 e. The standard InChI is InChI=1S/C18H20N4/c1-15(21-20-13-16-7-10-19-11-8-16)17-9-12-22(14-17)18-5-3-2-4-6-18/h2-8,10-11,13,21H,9,12,14H2,1H3. The van der Waals surface area contributed by atoms with Gasteiger partial charge in [0, 0.05) is 36.9 Å². The van der Waals surface area contributed by atoms with Gasteiger partial charge in [0.1, 0.15) is 0 Å². The van der Waals surface area contributed by atoms with E-state index in [2.05, 4.69) is 57.7 Å². The molecule has 2 heterocycles. The van der Waals surface area contributed by atoms with E-state index in [9.17, 15) is 0 Å². The zero-order valence-electron chi connectivity index (χ0n) is 12.7. The lowest BCUT2D eigenvalue weighted by Gasteiger charge is -2.17. The van der Waals surface area contributed by atoms with E-state index in [4.69, 9.17) is 0 Å². The van der Waals surface area contributed by atoms with Crippen molar-refractivity contribution in [3.63, 3.8) is 0 Å². The lowest BCUT2D eigenvalue weighted by molar-refractivity contribution is 0.862. The lowest BCUT2D eigenvalue weighted by atomic mass is 10.2. The maximum absolute atomic E-state index is 4.30. The number of nitrogens with zero attached hydrogens (tertiary/aromatic N) is 3. The molecule has 1 aliphatic rings. The van der Waals surface area contributed by atoms with Crippen LogP contribution in [0.3, 0.4) is 0 Å². The molecule has 0 saturated carbocycles. The molecule has 1 saturated heterocycles. The summed E-state index contributed by atoms with van der Waals surface area (Å²) in [6, 6.07) is 14.4. The quantitative estimate of drug-likeness (QED) is 0.695. The maximum atomic E-state index is 4.30. The first-order valence-electron chi connectivity index (χ1n) is 7.50. The van der Waals surface area contributed by atoms with Gasteiger partial charge in [-0.15, -0.1) is 0 Å². The first-order valence-corrected chi connectivity index (χ1v) is 7.50. The van der Waals surface area contributed by atoms with E-state index in [0.29, 0.717) is 0 Å². The van der Waals surface area contributed by atoms with E-state index in [1.165, 1.54) is 11.3 Å². The first kappa shape index (κ1) is 14.3. The average molecular weight is 292 g/mol. The van der Waals surface area contributed by atoms with Gasteiger partial charge in [-0.05, 0) is 48.7 Å². The highest BCUT2D eigenvalue weighted by atomic mass is 15.3. The fourth-order valence-corrected chi connectivity index (χ4v) is 2.56. The molecule has 112 valence electrons. The molecule has 0 atom stereocenters. The van der Waals surface area contributed by atoms with Crippen LogP contribution in [0, 0.1) is 0 Å². The Morgan fingerprint density at radius 1 is 1.18 bits per heavy atom. The van der Waals surface area contributed by atoms with Crippen LogP contribution in [0.15, 0.2) is 71.2 Å². The molecule has 0 amide bonds. The van der Waals surface area contributed by atoms with Crippen LogP contribution in [0.5, 0.6) is 0 Å². The molecular formula is C18H20N4. The van der Waals surface area contributed by atoms with Crippen LogP contribution in [0.2, 0.25) is 0 Å². The minimum atomic E-state index is 0.966. The van der Waals surface area contributed by atoms with Crippen LogP contribution in [-0.2, 0) is 0 Å². The number of benzene rings is 1. The Balaban J connectivity index is 1.61. The van der Waals surface area contributed by atoms with Crippen molar-refractivity contribution in [3.05, 3.63) is 71.7 Å². The third kappa shape index (κ3) is 3.52. The second-order valence-electron chi connectivity index (χ2n) is 5.39. The van der Waals surface area contributed by atoms with Gasteiger partial charge in [0.15, 0.2) is 0 Å². The Morgan fingerprint density at radius 3 is 2.73 bits per heavy atom. The number of hydrazone groups is 1. The minimum absolute atomic E-state index is 0.966. The Kier molecular flexibility index (Phi) is 4.49. The summed E-state index contributed by atoms with van der Waals surface area (Å²) in [5, 5.41) is 4.30. The van der Waals surface area contributed by atoms with Gasteiger partial charge in [0.25, 0.3) is 0 Å². The largest absolute Gasteiger partial charge is 0.367 e. The Bertz CT molecular complexity index is 662. The van der Waals surface area contributed by atoms with Crippen molar-refractivity contribution >= 4 is 11.9 Å². The fourth-order valence-electron chi connectivity index (χ4n) is 2.56. The number of aromatic nitrogens is 1. The van der Waals surface area contributed by atoms with Crippen LogP contribution >= 0.6 is 0 Å². The van der Waals surface area contributed by atoms with Crippen LogP contribution in [0.25, 0.3) is 0 Å². The Morgan fingerprint density at radius 2 is 1.95 bits per heavy atom. The molecule has 1 fully saturated rings. The Hall–Kier alpha value is -2.62. The fraction of sp³-hybridized carbons (Fsp3) is 0.222. The SMILES string of the molecule is CC(NN=Cc1ccncc1)=C1CCN(c2ccccc2)C1. The molecule has 0 unspecified atom stereocenters. The maximum Gasteiger partial charge on any atom is 0.0545 e. The molecule has 1 aromatic heterocycles. The number of para-hydroxylation sites is 1. The number of rotatable bonds is 4. The third-order valence-electron chi connectivity index (χ3n) is 3.87. The number of hydrogen-bond donors (Lipinski definition) is 1. The number of allylic oxidation sites excluding steroid dienone is 1. The van der Waals surface area contributed by atoms with Gasteiger partial charge in [-0.1, -0.05) is 18.2 Å². The van der Waals surface area contributed by atoms with Gasteiger partial charge in [0.05, 0.1) is 6.21 Å². The molecule has 0 radical (unpaired) electrons. The summed E-state index contributed by atoms with van der Waals surface area (Å²) in [6.07, 6.45) is 6.43. The molecule has 2 aromatic rings. The molecule has 0 aliphatic carbocycles. The highest BCUT2D eigenvalue weighted by molar-refractivity contribution is 5.78. The molecule has 1 aromatic carbocycles. The van der Waals surface area contributed by atoms with Gasteiger partial charge in [-0.2, -0.15) is 5.10 Å². The highest BCUT2D eigenvalue weighted by Gasteiger charge is 2.18. The van der Waals surface area contributed by atoms with Crippen LogP contribution in [0.4, 0.5) is 5.69 Å². The van der Waals surface area contributed by atoms with E-state index in [1.807, 2.05) is 18.3 Å². The number of hydrogen-bond acceptors (Lipinski definition) is 4. The van der Waals surface area contributed by atoms with Crippen molar-refractivity contribution in [1.29, 1.82) is 0 Å². The summed E-state index contributed by atoms with van der Waals surface area (Å²) in [5.41, 5.74) is 8.02. The number of anilines is 1. The number of pyridine rings is 1. The van der Waals surface area contributed by atoms with E-state index in [-0.39, 0.29) is 0 Å². The summed E-state index contributed by atoms with van der Waals surface area (Å²) in [5.74, 6) is 0. The monoisotopic (exact) mass is 292 g/mol. The predicted molar refractivity (Wildman–Crippen MR) is 90.9 cm³/mol. The molecule has 0 spiro atoms. The second kappa shape index (κ2) is 6.89. The van der Waals surface area contributed by atoms with Crippen molar-refractivity contribution in [2.45, 2.75) is 13.3 Å². The van der Waals surface area contributed by atoms with Crippen molar-refractivity contribution in [1.82, 2.24) is 10.4 Å². The van der Waals surface area contributed by atoms with Gasteiger partial charge in [-0.3, -0.25) is 10.4 Å². The van der Waals surface area contributed by atoms with Crippen LogP contribution in [0.1, 0.15) is 18.9 Å². The third-order valence-corrected chi connectivity index (χ3v) is 3.87. The molecule has 1 aliphatic heterocycles. The lowest BCUT2D eigenvalue weighted by Crippen LogP contribution is -2.18. The van der Waals surface area contributed by atoms with Crippen molar-refractivity contribution in [2.75, 3.05) is 18.0 Å². The van der Waals surface area contributed by atoms with Gasteiger partial charge in [0.2, 0.25) is 0 Å². The molecular weight excluding hydrogens is 272 g/mol. The average Bonchev–Trinajstić information content (AvgIpc) is 3.07. The molecule has 1 N–H and O–H groups in total. The van der Waals surface area contributed by atoms with E-state index >= 15 is 0 Å². The molecule has 0 bridgehead atoms. The zero-order chi connectivity index (χ0) is 15.2. The van der Waals surface area contributed by atoms with Crippen LogP contribution in [-0.4, -0.2) is 24.3 Å². The van der Waals surface area contributed by atoms with Crippen molar-refractivity contribution in [3.8, 4) is 0 Å². The van der Waals surface area contributed by atoms with Gasteiger partial charge >= 0.3 is 0 Å². The van der Waals surface area contributed by atoms with Crippen molar-refractivity contribution in [2.24, 2.45) is 5.10 Å². The smallest absolute Gasteiger partial charge is 0.0545 e. The van der Waals surface area contributed by atoms with E-state index < -0.39 is 0 Å². The molecule has 22 heavy (non-hydrogen) atoms. The Labute approximate surface area is 131 Å². The summed E-state index contributed by atoms with van der Waals surface area (Å²) >= 11 is 0. The van der Waals surface area contributed by atoms with E-state index in [0.717, 1.165) is 30.8 Å². The summed E-state index contributed by atoms with van der Waals surface area (Å²) in [7, 11) is 0. The summed E-state index contributed by atoms with van der Waals surface area (Å²) < 4.78 is 0. The second-order valence-corrected chi connectivity index (χ2v) is 5.39. The van der Waals surface area contributed by atoms with Crippen molar-refractivity contribution < 1.29 is 0 Å². The first-order chi connectivity index (χ1) is 10.8. The normalized spacial score (nSPS) is 17.0. The zero-order valence-corrected chi connectivity index (χ0v) is 12.7. The number of nitrogens with one attached hydrogen (secondary N) is 1. The summed E-state index contributed by atoms with van der Waals surface area (Å²) in [6.45, 7) is 4.12. The predicted octanol–water partition coefficient (Wildman–Crippen LogP) is 3.19.